The van der Waals surface area contributed by atoms with Crippen molar-refractivity contribution in [2.75, 3.05) is 31.1 Å². The Kier molecular flexibility index (Phi) is 3.11. The highest BCUT2D eigenvalue weighted by atomic mass is 15.3. The number of anilines is 1. The van der Waals surface area contributed by atoms with Gasteiger partial charge in [-0.2, -0.15) is 5.10 Å². The van der Waals surface area contributed by atoms with Crippen LogP contribution in [-0.2, 0) is 7.05 Å². The standard InChI is InChI=1S/C15H20N6/c1-19-11-12(10-17-19)14-2-5-16-15(18-14)21-9-8-20-6-3-13(21)4-7-20/h2,5,10-11,13H,3-4,6-9H2,1H3. The molecule has 110 valence electrons. The summed E-state index contributed by atoms with van der Waals surface area (Å²) in [6, 6.07) is 2.55. The van der Waals surface area contributed by atoms with E-state index in [0.717, 1.165) is 30.3 Å². The van der Waals surface area contributed by atoms with E-state index in [1.807, 2.05) is 31.7 Å². The fourth-order valence-electron chi connectivity index (χ4n) is 3.35. The third-order valence-electron chi connectivity index (χ3n) is 4.56. The van der Waals surface area contributed by atoms with Crippen LogP contribution >= 0.6 is 0 Å². The summed E-state index contributed by atoms with van der Waals surface area (Å²) in [5.74, 6) is 0.866. The minimum Gasteiger partial charge on any atom is -0.336 e. The molecule has 3 aliphatic rings. The molecule has 0 aromatic carbocycles. The summed E-state index contributed by atoms with van der Waals surface area (Å²) in [5, 5.41) is 4.22. The Labute approximate surface area is 124 Å². The van der Waals surface area contributed by atoms with Gasteiger partial charge in [0.15, 0.2) is 0 Å². The van der Waals surface area contributed by atoms with Gasteiger partial charge in [0.2, 0.25) is 5.95 Å². The van der Waals surface area contributed by atoms with Gasteiger partial charge in [0.1, 0.15) is 0 Å². The number of nitrogens with zero attached hydrogens (tertiary/aromatic N) is 6. The van der Waals surface area contributed by atoms with Gasteiger partial charge < -0.3 is 9.80 Å². The first kappa shape index (κ1) is 12.8. The molecule has 3 fully saturated rings. The molecule has 6 heteroatoms. The first-order valence-corrected chi connectivity index (χ1v) is 7.61. The van der Waals surface area contributed by atoms with Gasteiger partial charge in [0.05, 0.1) is 11.9 Å². The second-order valence-corrected chi connectivity index (χ2v) is 5.91. The normalized spacial score (nSPS) is 25.1. The Morgan fingerprint density at radius 2 is 2.00 bits per heavy atom. The van der Waals surface area contributed by atoms with Crippen LogP contribution in [0.25, 0.3) is 11.3 Å². The van der Waals surface area contributed by atoms with Crippen molar-refractivity contribution in [2.24, 2.45) is 7.05 Å². The largest absolute Gasteiger partial charge is 0.336 e. The molecule has 2 bridgehead atoms. The van der Waals surface area contributed by atoms with E-state index in [-0.39, 0.29) is 0 Å². The first-order valence-electron chi connectivity index (χ1n) is 7.61. The summed E-state index contributed by atoms with van der Waals surface area (Å²) in [6.07, 6.45) is 8.15. The number of aryl methyl sites for hydroxylation is 1. The second-order valence-electron chi connectivity index (χ2n) is 5.91. The molecule has 6 nitrogen and oxygen atoms in total. The summed E-state index contributed by atoms with van der Waals surface area (Å²) in [7, 11) is 1.92. The lowest BCUT2D eigenvalue weighted by Gasteiger charge is -2.31. The van der Waals surface area contributed by atoms with E-state index in [2.05, 4.69) is 19.9 Å². The molecular weight excluding hydrogens is 264 g/mol. The average Bonchev–Trinajstić information content (AvgIpc) is 2.75. The van der Waals surface area contributed by atoms with Gasteiger partial charge in [0.25, 0.3) is 0 Å². The first-order chi connectivity index (χ1) is 10.3. The van der Waals surface area contributed by atoms with Gasteiger partial charge in [-0.15, -0.1) is 0 Å². The molecule has 5 rings (SSSR count). The van der Waals surface area contributed by atoms with E-state index in [1.165, 1.54) is 25.9 Å². The van der Waals surface area contributed by atoms with Crippen LogP contribution in [0.1, 0.15) is 12.8 Å². The summed E-state index contributed by atoms with van der Waals surface area (Å²) in [5.41, 5.74) is 2.00. The number of rotatable bonds is 2. The summed E-state index contributed by atoms with van der Waals surface area (Å²) >= 11 is 0. The smallest absolute Gasteiger partial charge is 0.226 e. The van der Waals surface area contributed by atoms with Crippen LogP contribution in [0.3, 0.4) is 0 Å². The molecule has 21 heavy (non-hydrogen) atoms. The third kappa shape index (κ3) is 2.40. The Hall–Kier alpha value is -1.95. The highest BCUT2D eigenvalue weighted by Gasteiger charge is 2.30. The highest BCUT2D eigenvalue weighted by Crippen LogP contribution is 2.25. The zero-order valence-electron chi connectivity index (χ0n) is 12.3. The van der Waals surface area contributed by atoms with Crippen LogP contribution in [0.15, 0.2) is 24.7 Å². The minimum atomic E-state index is 0.591. The van der Waals surface area contributed by atoms with Crippen LogP contribution in [0.4, 0.5) is 5.95 Å². The third-order valence-corrected chi connectivity index (χ3v) is 4.56. The molecule has 2 aromatic rings. The molecule has 5 heterocycles. The van der Waals surface area contributed by atoms with Crippen molar-refractivity contribution in [1.29, 1.82) is 0 Å². The fourth-order valence-corrected chi connectivity index (χ4v) is 3.35. The van der Waals surface area contributed by atoms with Gasteiger partial charge in [0, 0.05) is 57.2 Å². The van der Waals surface area contributed by atoms with Gasteiger partial charge >= 0.3 is 0 Å². The number of hydrogen-bond acceptors (Lipinski definition) is 5. The van der Waals surface area contributed by atoms with Crippen molar-refractivity contribution in [2.45, 2.75) is 18.9 Å². The van der Waals surface area contributed by atoms with Gasteiger partial charge in [-0.25, -0.2) is 9.97 Å². The maximum atomic E-state index is 4.78. The Morgan fingerprint density at radius 1 is 1.14 bits per heavy atom. The molecule has 0 radical (unpaired) electrons. The molecule has 2 aromatic heterocycles. The predicted molar refractivity (Wildman–Crippen MR) is 81.0 cm³/mol. The van der Waals surface area contributed by atoms with E-state index < -0.39 is 0 Å². The molecule has 0 saturated carbocycles. The van der Waals surface area contributed by atoms with Crippen molar-refractivity contribution in [1.82, 2.24) is 24.6 Å². The highest BCUT2D eigenvalue weighted by molar-refractivity contribution is 5.58. The monoisotopic (exact) mass is 284 g/mol. The number of fused-ring (bicyclic) bond motifs is 4. The molecule has 0 spiro atoms. The molecule has 0 unspecified atom stereocenters. The van der Waals surface area contributed by atoms with Crippen molar-refractivity contribution in [3.05, 3.63) is 24.7 Å². The predicted octanol–water partition coefficient (Wildman–Crippen LogP) is 1.16. The van der Waals surface area contributed by atoms with Gasteiger partial charge in [-0.1, -0.05) is 0 Å². The SMILES string of the molecule is Cn1cc(-c2ccnc(N3CCN4CCC3CC4)n2)cn1. The second kappa shape index (κ2) is 5.11. The molecule has 0 aliphatic carbocycles. The molecule has 3 aliphatic heterocycles. The maximum absolute atomic E-state index is 4.78. The van der Waals surface area contributed by atoms with Crippen molar-refractivity contribution < 1.29 is 0 Å². The topological polar surface area (TPSA) is 50.1 Å². The Balaban J connectivity index is 1.66. The number of aromatic nitrogens is 4. The van der Waals surface area contributed by atoms with Crippen molar-refractivity contribution >= 4 is 5.95 Å². The van der Waals surface area contributed by atoms with E-state index in [4.69, 9.17) is 4.98 Å². The lowest BCUT2D eigenvalue weighted by atomic mass is 10.1. The van der Waals surface area contributed by atoms with Crippen LogP contribution in [0, 0.1) is 0 Å². The van der Waals surface area contributed by atoms with Gasteiger partial charge in [-0.3, -0.25) is 4.68 Å². The van der Waals surface area contributed by atoms with E-state index >= 15 is 0 Å². The minimum absolute atomic E-state index is 0.591. The molecular formula is C15H20N6. The molecule has 0 amide bonds. The van der Waals surface area contributed by atoms with E-state index in [9.17, 15) is 0 Å². The molecule has 0 N–H and O–H groups in total. The average molecular weight is 284 g/mol. The van der Waals surface area contributed by atoms with Crippen molar-refractivity contribution in [3.63, 3.8) is 0 Å². The van der Waals surface area contributed by atoms with Crippen LogP contribution < -0.4 is 4.90 Å². The summed E-state index contributed by atoms with van der Waals surface area (Å²) in [4.78, 5) is 14.2. The van der Waals surface area contributed by atoms with Crippen LogP contribution in [0.2, 0.25) is 0 Å². The fraction of sp³-hybridized carbons (Fsp3) is 0.533. The summed E-state index contributed by atoms with van der Waals surface area (Å²) in [6.45, 7) is 4.57. The molecule has 0 atom stereocenters. The van der Waals surface area contributed by atoms with Crippen molar-refractivity contribution in [3.8, 4) is 11.3 Å². The zero-order chi connectivity index (χ0) is 14.2. The Bertz CT molecular complexity index is 629. The van der Waals surface area contributed by atoms with E-state index in [0.29, 0.717) is 6.04 Å². The molecule has 3 saturated heterocycles. The maximum Gasteiger partial charge on any atom is 0.226 e. The van der Waals surface area contributed by atoms with Crippen LogP contribution in [-0.4, -0.2) is 56.9 Å². The Morgan fingerprint density at radius 3 is 2.76 bits per heavy atom. The van der Waals surface area contributed by atoms with Crippen LogP contribution in [0.5, 0.6) is 0 Å². The number of hydrogen-bond donors (Lipinski definition) is 0. The summed E-state index contributed by atoms with van der Waals surface area (Å²) < 4.78 is 1.80. The number of piperidine rings is 1. The lowest BCUT2D eigenvalue weighted by Crippen LogP contribution is -2.38. The lowest BCUT2D eigenvalue weighted by molar-refractivity contribution is 0.250. The zero-order valence-corrected chi connectivity index (χ0v) is 12.3. The quantitative estimate of drug-likeness (QED) is 0.828. The van der Waals surface area contributed by atoms with E-state index in [1.54, 1.807) is 4.68 Å². The van der Waals surface area contributed by atoms with Gasteiger partial charge in [-0.05, 0) is 18.9 Å².